The number of benzene rings is 2. The Morgan fingerprint density at radius 2 is 1.81 bits per heavy atom. The molecule has 2 aromatic rings. The minimum Gasteiger partial charge on any atom is -0.0654 e. The van der Waals surface area contributed by atoms with Crippen molar-refractivity contribution in [2.24, 2.45) is 5.92 Å². The first-order chi connectivity index (χ1) is 10.3. The molecule has 0 fully saturated rings. The number of fused-ring (bicyclic) bond motifs is 1. The molecule has 1 aliphatic rings. The molecular weight excluding hydrogens is 252 g/mol. The van der Waals surface area contributed by atoms with Crippen LogP contribution in [0.5, 0.6) is 0 Å². The van der Waals surface area contributed by atoms with Crippen LogP contribution >= 0.6 is 0 Å². The van der Waals surface area contributed by atoms with Gasteiger partial charge in [0.05, 0.1) is 0 Å². The Kier molecular flexibility index (Phi) is 4.24. The van der Waals surface area contributed by atoms with Crippen LogP contribution in [-0.2, 0) is 6.42 Å². The van der Waals surface area contributed by atoms with Gasteiger partial charge < -0.3 is 0 Å². The first-order valence-electron chi connectivity index (χ1n) is 8.17. The topological polar surface area (TPSA) is 0 Å². The second-order valence-corrected chi connectivity index (χ2v) is 6.18. The zero-order valence-electron chi connectivity index (χ0n) is 13.1. The maximum atomic E-state index is 2.46. The number of allylic oxidation sites excluding steroid dienone is 1. The molecule has 1 atom stereocenters. The van der Waals surface area contributed by atoms with Gasteiger partial charge in [-0.3, -0.25) is 0 Å². The van der Waals surface area contributed by atoms with Crippen LogP contribution in [-0.4, -0.2) is 0 Å². The van der Waals surface area contributed by atoms with Crippen LogP contribution in [0.1, 0.15) is 44.2 Å². The lowest BCUT2D eigenvalue weighted by atomic mass is 9.94. The summed E-state index contributed by atoms with van der Waals surface area (Å²) in [5.41, 5.74) is 7.26. The smallest absolute Gasteiger partial charge is 0.00549 e. The zero-order chi connectivity index (χ0) is 14.7. The summed E-state index contributed by atoms with van der Waals surface area (Å²) in [5.74, 6) is 0.709. The van der Waals surface area contributed by atoms with Crippen LogP contribution in [0.2, 0.25) is 0 Å². The Morgan fingerprint density at radius 3 is 2.57 bits per heavy atom. The van der Waals surface area contributed by atoms with Crippen LogP contribution in [0, 0.1) is 5.92 Å². The number of hydrogen-bond donors (Lipinski definition) is 0. The maximum Gasteiger partial charge on any atom is -0.00549 e. The van der Waals surface area contributed by atoms with Crippen LogP contribution < -0.4 is 0 Å². The van der Waals surface area contributed by atoms with E-state index in [1.54, 1.807) is 5.57 Å². The molecule has 0 bridgehead atoms. The summed E-state index contributed by atoms with van der Waals surface area (Å²) in [6.45, 7) is 4.66. The highest BCUT2D eigenvalue weighted by Crippen LogP contribution is 2.37. The van der Waals surface area contributed by atoms with Crippen LogP contribution in [0.4, 0.5) is 0 Å². The molecule has 21 heavy (non-hydrogen) atoms. The fraction of sp³-hybridized carbons (Fsp3) is 0.333. The molecule has 1 aliphatic carbocycles. The van der Waals surface area contributed by atoms with Gasteiger partial charge in [-0.25, -0.2) is 0 Å². The lowest BCUT2D eigenvalue weighted by Gasteiger charge is -2.11. The number of unbranched alkanes of at least 4 members (excludes halogenated alkanes) is 1. The summed E-state index contributed by atoms with van der Waals surface area (Å²) in [7, 11) is 0. The number of rotatable bonds is 5. The van der Waals surface area contributed by atoms with Crippen molar-refractivity contribution in [3.8, 4) is 11.1 Å². The highest BCUT2D eigenvalue weighted by molar-refractivity contribution is 5.80. The van der Waals surface area contributed by atoms with E-state index < -0.39 is 0 Å². The van der Waals surface area contributed by atoms with E-state index in [1.165, 1.54) is 41.5 Å². The van der Waals surface area contributed by atoms with Crippen molar-refractivity contribution in [2.75, 3.05) is 0 Å². The minimum atomic E-state index is 0.709. The maximum absolute atomic E-state index is 2.46. The van der Waals surface area contributed by atoms with E-state index in [1.807, 2.05) is 0 Å². The first-order valence-corrected chi connectivity index (χ1v) is 8.17. The molecule has 2 aromatic carbocycles. The Morgan fingerprint density at radius 1 is 1.00 bits per heavy atom. The van der Waals surface area contributed by atoms with E-state index in [9.17, 15) is 0 Å². The predicted molar refractivity (Wildman–Crippen MR) is 92.2 cm³/mol. The third-order valence-electron chi connectivity index (χ3n) is 4.63. The van der Waals surface area contributed by atoms with Crippen molar-refractivity contribution >= 4 is 6.08 Å². The van der Waals surface area contributed by atoms with Gasteiger partial charge in [-0.2, -0.15) is 0 Å². The summed E-state index contributed by atoms with van der Waals surface area (Å²) in [6.07, 6.45) is 7.54. The molecule has 0 radical (unpaired) electrons. The van der Waals surface area contributed by atoms with E-state index in [2.05, 4.69) is 68.5 Å². The van der Waals surface area contributed by atoms with Crippen LogP contribution in [0.3, 0.4) is 0 Å². The zero-order valence-corrected chi connectivity index (χ0v) is 13.1. The van der Waals surface area contributed by atoms with Gasteiger partial charge in [-0.05, 0) is 41.0 Å². The molecule has 3 rings (SSSR count). The van der Waals surface area contributed by atoms with Crippen molar-refractivity contribution in [1.82, 2.24) is 0 Å². The van der Waals surface area contributed by atoms with Crippen molar-refractivity contribution < 1.29 is 0 Å². The highest BCUT2D eigenvalue weighted by Gasteiger charge is 2.19. The van der Waals surface area contributed by atoms with Gasteiger partial charge in [-0.1, -0.05) is 86.9 Å². The van der Waals surface area contributed by atoms with E-state index >= 15 is 0 Å². The molecule has 0 saturated carbocycles. The van der Waals surface area contributed by atoms with E-state index in [4.69, 9.17) is 0 Å². The third kappa shape index (κ3) is 2.95. The highest BCUT2D eigenvalue weighted by atomic mass is 14.2. The van der Waals surface area contributed by atoms with Gasteiger partial charge in [0.15, 0.2) is 0 Å². The molecule has 0 N–H and O–H groups in total. The van der Waals surface area contributed by atoms with Gasteiger partial charge in [0, 0.05) is 0 Å². The average molecular weight is 276 g/mol. The van der Waals surface area contributed by atoms with Gasteiger partial charge in [0.25, 0.3) is 0 Å². The lowest BCUT2D eigenvalue weighted by molar-refractivity contribution is 0.567. The van der Waals surface area contributed by atoms with Gasteiger partial charge in [-0.15, -0.1) is 0 Å². The van der Waals surface area contributed by atoms with Gasteiger partial charge in [0.1, 0.15) is 0 Å². The molecule has 0 saturated heterocycles. The molecule has 1 unspecified atom stereocenters. The number of hydrogen-bond acceptors (Lipinski definition) is 0. The summed E-state index contributed by atoms with van der Waals surface area (Å²) in [5, 5.41) is 0. The minimum absolute atomic E-state index is 0.709. The molecule has 0 heteroatoms. The Labute approximate surface area is 128 Å². The molecule has 0 spiro atoms. The molecular formula is C21H24. The van der Waals surface area contributed by atoms with Gasteiger partial charge in [0.2, 0.25) is 0 Å². The van der Waals surface area contributed by atoms with E-state index in [0.29, 0.717) is 5.92 Å². The SMILES string of the molecule is CCCCC(C)C1=Cc2c(cccc2-c2ccccc2)C1. The second kappa shape index (κ2) is 6.30. The summed E-state index contributed by atoms with van der Waals surface area (Å²) in [6, 6.07) is 17.5. The molecule has 108 valence electrons. The largest absolute Gasteiger partial charge is 0.0654 e. The normalized spacial score (nSPS) is 14.7. The second-order valence-electron chi connectivity index (χ2n) is 6.18. The van der Waals surface area contributed by atoms with Crippen molar-refractivity contribution in [3.63, 3.8) is 0 Å². The lowest BCUT2D eigenvalue weighted by Crippen LogP contribution is -1.99. The van der Waals surface area contributed by atoms with Gasteiger partial charge >= 0.3 is 0 Å². The summed E-state index contributed by atoms with van der Waals surface area (Å²) < 4.78 is 0. The summed E-state index contributed by atoms with van der Waals surface area (Å²) >= 11 is 0. The third-order valence-corrected chi connectivity index (χ3v) is 4.63. The first kappa shape index (κ1) is 14.1. The Hall–Kier alpha value is -1.82. The Balaban J connectivity index is 1.92. The fourth-order valence-corrected chi connectivity index (χ4v) is 3.28. The average Bonchev–Trinajstić information content (AvgIpc) is 2.97. The molecule has 0 heterocycles. The molecule has 0 nitrogen and oxygen atoms in total. The Bertz CT molecular complexity index is 634. The van der Waals surface area contributed by atoms with E-state index in [0.717, 1.165) is 6.42 Å². The van der Waals surface area contributed by atoms with Crippen LogP contribution in [0.15, 0.2) is 54.1 Å². The van der Waals surface area contributed by atoms with Crippen molar-refractivity contribution in [2.45, 2.75) is 39.5 Å². The molecule has 0 aliphatic heterocycles. The van der Waals surface area contributed by atoms with E-state index in [-0.39, 0.29) is 0 Å². The monoisotopic (exact) mass is 276 g/mol. The molecule has 0 amide bonds. The van der Waals surface area contributed by atoms with Crippen molar-refractivity contribution in [1.29, 1.82) is 0 Å². The quantitative estimate of drug-likeness (QED) is 0.617. The van der Waals surface area contributed by atoms with Crippen molar-refractivity contribution in [3.05, 3.63) is 65.2 Å². The predicted octanol–water partition coefficient (Wildman–Crippen LogP) is 6.12. The standard InChI is InChI=1S/C21H24/c1-3-4-9-16(2)19-14-18-12-8-13-20(21(18)15-19)17-10-6-5-7-11-17/h5-8,10-13,15-16H,3-4,9,14H2,1-2H3. The summed E-state index contributed by atoms with van der Waals surface area (Å²) in [4.78, 5) is 0. The van der Waals surface area contributed by atoms with Crippen LogP contribution in [0.25, 0.3) is 17.2 Å². The fourth-order valence-electron chi connectivity index (χ4n) is 3.28. The molecule has 0 aromatic heterocycles.